The molecule has 1 aromatic carbocycles. The molecule has 4 heteroatoms. The third kappa shape index (κ3) is 2.44. The van der Waals surface area contributed by atoms with Crippen LogP contribution >= 0.6 is 0 Å². The van der Waals surface area contributed by atoms with Crippen molar-refractivity contribution in [1.82, 2.24) is 20.2 Å². The number of imidazole rings is 1. The maximum absolute atomic E-state index is 4.32. The summed E-state index contributed by atoms with van der Waals surface area (Å²) < 4.78 is 0. The maximum atomic E-state index is 4.32. The highest BCUT2D eigenvalue weighted by atomic mass is 15.2. The number of benzene rings is 1. The normalized spacial score (nSPS) is 21.0. The van der Waals surface area contributed by atoms with Gasteiger partial charge < -0.3 is 10.3 Å². The van der Waals surface area contributed by atoms with Crippen LogP contribution in [-0.2, 0) is 6.54 Å². The summed E-state index contributed by atoms with van der Waals surface area (Å²) in [6, 6.07) is 11.1. The molecule has 1 fully saturated rings. The fourth-order valence-electron chi connectivity index (χ4n) is 2.52. The fourth-order valence-corrected chi connectivity index (χ4v) is 2.52. The molecule has 18 heavy (non-hydrogen) atoms. The van der Waals surface area contributed by atoms with E-state index >= 15 is 0 Å². The largest absolute Gasteiger partial charge is 0.348 e. The van der Waals surface area contributed by atoms with E-state index in [1.165, 1.54) is 5.56 Å². The highest BCUT2D eigenvalue weighted by molar-refractivity contribution is 5.20. The summed E-state index contributed by atoms with van der Waals surface area (Å²) in [6.45, 7) is 3.99. The molecule has 0 spiro atoms. The summed E-state index contributed by atoms with van der Waals surface area (Å²) in [7, 11) is 0. The average molecular weight is 242 g/mol. The van der Waals surface area contributed by atoms with Crippen LogP contribution in [0.4, 0.5) is 0 Å². The molecular weight excluding hydrogens is 224 g/mol. The SMILES string of the molecule is c1ccc(C2CNCCN2Cc2ncc[nH]2)cc1. The summed E-state index contributed by atoms with van der Waals surface area (Å²) >= 11 is 0. The van der Waals surface area contributed by atoms with Crippen molar-refractivity contribution < 1.29 is 0 Å². The molecule has 1 aliphatic heterocycles. The third-order valence-corrected chi connectivity index (χ3v) is 3.45. The standard InChI is InChI=1S/C14H18N4/c1-2-4-12(5-3-1)13-10-15-8-9-18(13)11-14-16-6-7-17-14/h1-7,13,15H,8-11H2,(H,16,17). The van der Waals surface area contributed by atoms with E-state index in [1.807, 2.05) is 12.4 Å². The third-order valence-electron chi connectivity index (χ3n) is 3.45. The van der Waals surface area contributed by atoms with E-state index in [9.17, 15) is 0 Å². The van der Waals surface area contributed by atoms with Crippen LogP contribution in [0.1, 0.15) is 17.4 Å². The van der Waals surface area contributed by atoms with Gasteiger partial charge in [0.2, 0.25) is 0 Å². The second kappa shape index (κ2) is 5.33. The van der Waals surface area contributed by atoms with Gasteiger partial charge in [0.05, 0.1) is 6.54 Å². The van der Waals surface area contributed by atoms with Gasteiger partial charge in [-0.25, -0.2) is 4.98 Å². The summed E-state index contributed by atoms with van der Waals surface area (Å²) in [5, 5.41) is 3.47. The van der Waals surface area contributed by atoms with Crippen molar-refractivity contribution in [3.8, 4) is 0 Å². The molecule has 0 aliphatic carbocycles. The highest BCUT2D eigenvalue weighted by Crippen LogP contribution is 2.23. The van der Waals surface area contributed by atoms with Crippen molar-refractivity contribution in [2.75, 3.05) is 19.6 Å². The number of rotatable bonds is 3. The molecule has 1 saturated heterocycles. The van der Waals surface area contributed by atoms with E-state index < -0.39 is 0 Å². The van der Waals surface area contributed by atoms with Gasteiger partial charge in [-0.3, -0.25) is 4.90 Å². The number of piperazine rings is 1. The Hall–Kier alpha value is -1.65. The van der Waals surface area contributed by atoms with Gasteiger partial charge in [-0.15, -0.1) is 0 Å². The molecule has 0 saturated carbocycles. The van der Waals surface area contributed by atoms with Crippen molar-refractivity contribution in [3.63, 3.8) is 0 Å². The molecule has 1 unspecified atom stereocenters. The minimum absolute atomic E-state index is 0.435. The molecule has 0 amide bonds. The van der Waals surface area contributed by atoms with Crippen LogP contribution in [0.15, 0.2) is 42.7 Å². The quantitative estimate of drug-likeness (QED) is 0.858. The van der Waals surface area contributed by atoms with E-state index in [0.29, 0.717) is 6.04 Å². The molecule has 4 nitrogen and oxygen atoms in total. The minimum atomic E-state index is 0.435. The molecule has 0 bridgehead atoms. The van der Waals surface area contributed by atoms with Crippen LogP contribution < -0.4 is 5.32 Å². The lowest BCUT2D eigenvalue weighted by molar-refractivity contribution is 0.150. The Balaban J connectivity index is 1.78. The van der Waals surface area contributed by atoms with Crippen LogP contribution in [0.3, 0.4) is 0 Å². The Morgan fingerprint density at radius 3 is 2.94 bits per heavy atom. The predicted molar refractivity (Wildman–Crippen MR) is 71.1 cm³/mol. The van der Waals surface area contributed by atoms with Crippen molar-refractivity contribution in [1.29, 1.82) is 0 Å². The van der Waals surface area contributed by atoms with Crippen molar-refractivity contribution >= 4 is 0 Å². The molecule has 2 aromatic rings. The zero-order valence-electron chi connectivity index (χ0n) is 10.3. The number of aromatic nitrogens is 2. The second-order valence-electron chi connectivity index (χ2n) is 4.64. The number of nitrogens with one attached hydrogen (secondary N) is 2. The Morgan fingerprint density at radius 2 is 2.17 bits per heavy atom. The summed E-state index contributed by atoms with van der Waals surface area (Å²) in [5.41, 5.74) is 1.37. The first kappa shape index (κ1) is 11.4. The first-order chi connectivity index (χ1) is 8.93. The lowest BCUT2D eigenvalue weighted by atomic mass is 10.0. The highest BCUT2D eigenvalue weighted by Gasteiger charge is 2.23. The van der Waals surface area contributed by atoms with Gasteiger partial charge in [-0.2, -0.15) is 0 Å². The van der Waals surface area contributed by atoms with Gasteiger partial charge in [-0.05, 0) is 5.56 Å². The van der Waals surface area contributed by atoms with E-state index in [1.54, 1.807) is 0 Å². The molecular formula is C14H18N4. The van der Waals surface area contributed by atoms with Gasteiger partial charge in [0, 0.05) is 38.1 Å². The monoisotopic (exact) mass is 242 g/mol. The van der Waals surface area contributed by atoms with Gasteiger partial charge in [0.25, 0.3) is 0 Å². The maximum Gasteiger partial charge on any atom is 0.120 e. The van der Waals surface area contributed by atoms with Crippen LogP contribution in [0.25, 0.3) is 0 Å². The molecule has 1 atom stereocenters. The summed E-state index contributed by atoms with van der Waals surface area (Å²) in [5.74, 6) is 1.04. The molecule has 94 valence electrons. The van der Waals surface area contributed by atoms with Gasteiger partial charge in [0.1, 0.15) is 5.82 Å². The van der Waals surface area contributed by atoms with Crippen molar-refractivity contribution in [2.24, 2.45) is 0 Å². The van der Waals surface area contributed by atoms with E-state index in [4.69, 9.17) is 0 Å². The zero-order valence-corrected chi connectivity index (χ0v) is 10.3. The number of H-pyrrole nitrogens is 1. The molecule has 0 radical (unpaired) electrons. The van der Waals surface area contributed by atoms with Crippen molar-refractivity contribution in [3.05, 3.63) is 54.1 Å². The topological polar surface area (TPSA) is 44.0 Å². The minimum Gasteiger partial charge on any atom is -0.348 e. The first-order valence-electron chi connectivity index (χ1n) is 6.41. The van der Waals surface area contributed by atoms with Crippen molar-refractivity contribution in [2.45, 2.75) is 12.6 Å². The van der Waals surface area contributed by atoms with Crippen LogP contribution in [0.2, 0.25) is 0 Å². The van der Waals surface area contributed by atoms with E-state index in [2.05, 4.69) is 50.5 Å². The zero-order chi connectivity index (χ0) is 12.2. The molecule has 2 N–H and O–H groups in total. The van der Waals surface area contributed by atoms with Crippen LogP contribution in [0, 0.1) is 0 Å². The van der Waals surface area contributed by atoms with E-state index in [-0.39, 0.29) is 0 Å². The number of hydrogen-bond acceptors (Lipinski definition) is 3. The van der Waals surface area contributed by atoms with E-state index in [0.717, 1.165) is 32.0 Å². The van der Waals surface area contributed by atoms with Gasteiger partial charge in [-0.1, -0.05) is 30.3 Å². The molecule has 1 aliphatic rings. The fraction of sp³-hybridized carbons (Fsp3) is 0.357. The lowest BCUT2D eigenvalue weighted by Crippen LogP contribution is -2.45. The van der Waals surface area contributed by atoms with Crippen LogP contribution in [0.5, 0.6) is 0 Å². The first-order valence-corrected chi connectivity index (χ1v) is 6.41. The number of hydrogen-bond donors (Lipinski definition) is 2. The molecule has 1 aromatic heterocycles. The van der Waals surface area contributed by atoms with Gasteiger partial charge >= 0.3 is 0 Å². The average Bonchev–Trinajstić information content (AvgIpc) is 2.93. The smallest absolute Gasteiger partial charge is 0.120 e. The molecule has 3 rings (SSSR count). The number of nitrogens with zero attached hydrogens (tertiary/aromatic N) is 2. The lowest BCUT2D eigenvalue weighted by Gasteiger charge is -2.36. The summed E-state index contributed by atoms with van der Waals surface area (Å²) in [4.78, 5) is 9.98. The number of aromatic amines is 1. The van der Waals surface area contributed by atoms with Gasteiger partial charge in [0.15, 0.2) is 0 Å². The Bertz CT molecular complexity index is 466. The molecule has 2 heterocycles. The Morgan fingerprint density at radius 1 is 1.28 bits per heavy atom. The Kier molecular flexibility index (Phi) is 3.39. The van der Waals surface area contributed by atoms with Crippen LogP contribution in [-0.4, -0.2) is 34.5 Å². The second-order valence-corrected chi connectivity index (χ2v) is 4.64. The predicted octanol–water partition coefficient (Wildman–Crippen LogP) is 1.56. The Labute approximate surface area is 107 Å². The summed E-state index contributed by atoms with van der Waals surface area (Å²) in [6.07, 6.45) is 3.70.